The number of nitrogens with zero attached hydrogens (tertiary/aromatic N) is 1. The van der Waals surface area contributed by atoms with Crippen LogP contribution in [0, 0.1) is 0 Å². The van der Waals surface area contributed by atoms with E-state index in [4.69, 9.17) is 9.84 Å². The first-order valence-corrected chi connectivity index (χ1v) is 8.99. The van der Waals surface area contributed by atoms with Crippen LogP contribution in [0.4, 0.5) is 0 Å². The second-order valence-electron chi connectivity index (χ2n) is 5.48. The zero-order valence-corrected chi connectivity index (χ0v) is 16.3. The minimum Gasteiger partial charge on any atom is -0.461 e. The summed E-state index contributed by atoms with van der Waals surface area (Å²) in [5.41, 5.74) is 2.94. The number of aliphatic hydroxyl groups excluding tert-OH is 4. The molecule has 8 nitrogen and oxygen atoms in total. The molecule has 27 heavy (non-hydrogen) atoms. The number of aliphatic hydroxyl groups is 4. The van der Waals surface area contributed by atoms with Gasteiger partial charge in [-0.25, -0.2) is 4.79 Å². The molecule has 1 aromatic heterocycles. The monoisotopic (exact) mass is 440 g/mol. The van der Waals surface area contributed by atoms with Gasteiger partial charge in [0.15, 0.2) is 0 Å². The van der Waals surface area contributed by atoms with E-state index in [1.54, 1.807) is 19.1 Å². The molecule has 0 fully saturated rings. The topological polar surface area (TPSA) is 135 Å². The number of hydrogen-bond acceptors (Lipinski definition) is 7. The van der Waals surface area contributed by atoms with Crippen molar-refractivity contribution < 1.29 is 30.0 Å². The minimum absolute atomic E-state index is 0.159. The van der Waals surface area contributed by atoms with Crippen molar-refractivity contribution in [2.75, 3.05) is 13.3 Å². The molecular formula is C18H21BrN2O6. The lowest BCUT2D eigenvalue weighted by Crippen LogP contribution is -2.06. The second kappa shape index (κ2) is 9.77. The fourth-order valence-electron chi connectivity index (χ4n) is 2.83. The Morgan fingerprint density at radius 3 is 2.44 bits per heavy atom. The molecule has 0 saturated heterocycles. The number of carbonyl (C=O) groups excluding carboxylic acids is 1. The third kappa shape index (κ3) is 4.28. The summed E-state index contributed by atoms with van der Waals surface area (Å²) in [6, 6.07) is 3.31. The molecule has 0 spiro atoms. The number of carbonyl (C=O) groups is 1. The molecule has 0 atom stereocenters. The van der Waals surface area contributed by atoms with E-state index in [1.165, 1.54) is 6.21 Å². The molecule has 0 amide bonds. The SMILES string of the molecule is CCOC(=O)c1[nH]c(/C=N/CO)c(-c2ccc(CO)c(CO)c2CO)c1Br. The van der Waals surface area contributed by atoms with Crippen molar-refractivity contribution in [2.24, 2.45) is 4.99 Å². The van der Waals surface area contributed by atoms with Gasteiger partial charge in [-0.3, -0.25) is 4.99 Å². The number of benzene rings is 1. The first-order valence-electron chi connectivity index (χ1n) is 8.19. The van der Waals surface area contributed by atoms with Crippen LogP contribution in [-0.4, -0.2) is 50.9 Å². The predicted molar refractivity (Wildman–Crippen MR) is 102 cm³/mol. The van der Waals surface area contributed by atoms with Gasteiger partial charge in [0.1, 0.15) is 12.4 Å². The van der Waals surface area contributed by atoms with Crippen LogP contribution < -0.4 is 0 Å². The van der Waals surface area contributed by atoms with E-state index >= 15 is 0 Å². The van der Waals surface area contributed by atoms with Gasteiger partial charge in [0, 0.05) is 11.8 Å². The molecule has 1 aromatic carbocycles. The summed E-state index contributed by atoms with van der Waals surface area (Å²) in [4.78, 5) is 18.9. The lowest BCUT2D eigenvalue weighted by Gasteiger charge is -2.16. The standard InChI is InChI=1S/C18H21BrN2O6/c1-2-27-18(26)17-16(19)15(14(21-17)5-20-9-25)11-4-3-10(6-22)12(7-23)13(11)8-24/h3-5,21-25H,2,6-9H2,1H3/b20-5+. The van der Waals surface area contributed by atoms with E-state index in [0.29, 0.717) is 38.0 Å². The molecule has 0 radical (unpaired) electrons. The fraction of sp³-hybridized carbons (Fsp3) is 0.333. The van der Waals surface area contributed by atoms with Crippen LogP contribution >= 0.6 is 15.9 Å². The van der Waals surface area contributed by atoms with Crippen molar-refractivity contribution in [2.45, 2.75) is 26.7 Å². The molecule has 2 rings (SSSR count). The Kier molecular flexibility index (Phi) is 7.69. The third-order valence-corrected chi connectivity index (χ3v) is 4.83. The molecule has 1 heterocycles. The van der Waals surface area contributed by atoms with E-state index in [-0.39, 0.29) is 32.1 Å². The van der Waals surface area contributed by atoms with Gasteiger partial charge in [0.05, 0.1) is 36.6 Å². The number of aromatic amines is 1. The van der Waals surface area contributed by atoms with E-state index in [1.807, 2.05) is 0 Å². The maximum absolute atomic E-state index is 12.2. The van der Waals surface area contributed by atoms with Gasteiger partial charge in [0.25, 0.3) is 0 Å². The molecular weight excluding hydrogens is 420 g/mol. The number of aliphatic imine (C=N–C) groups is 1. The minimum atomic E-state index is -0.575. The predicted octanol–water partition coefficient (Wildman–Crippen LogP) is 1.47. The summed E-state index contributed by atoms with van der Waals surface area (Å²) in [6.45, 7) is 0.401. The highest BCUT2D eigenvalue weighted by Gasteiger charge is 2.24. The summed E-state index contributed by atoms with van der Waals surface area (Å²) >= 11 is 3.40. The van der Waals surface area contributed by atoms with Crippen molar-refractivity contribution in [3.8, 4) is 11.1 Å². The number of ether oxygens (including phenoxy) is 1. The molecule has 9 heteroatoms. The van der Waals surface area contributed by atoms with Gasteiger partial charge < -0.3 is 30.1 Å². The summed E-state index contributed by atoms with van der Waals surface area (Å²) < 4.78 is 5.44. The van der Waals surface area contributed by atoms with Crippen molar-refractivity contribution >= 4 is 28.1 Å². The van der Waals surface area contributed by atoms with Crippen LogP contribution in [0.5, 0.6) is 0 Å². The zero-order valence-electron chi connectivity index (χ0n) is 14.7. The van der Waals surface area contributed by atoms with Gasteiger partial charge in [0.2, 0.25) is 0 Å². The summed E-state index contributed by atoms with van der Waals surface area (Å²) in [5.74, 6) is -0.575. The molecule has 146 valence electrons. The van der Waals surface area contributed by atoms with Crippen LogP contribution in [0.3, 0.4) is 0 Å². The van der Waals surface area contributed by atoms with Crippen molar-refractivity contribution in [1.29, 1.82) is 0 Å². The van der Waals surface area contributed by atoms with Crippen molar-refractivity contribution in [3.63, 3.8) is 0 Å². The summed E-state index contributed by atoms with van der Waals surface area (Å²) in [5, 5.41) is 38.1. The average Bonchev–Trinajstić information content (AvgIpc) is 3.01. The maximum Gasteiger partial charge on any atom is 0.355 e. The van der Waals surface area contributed by atoms with Gasteiger partial charge >= 0.3 is 5.97 Å². The lowest BCUT2D eigenvalue weighted by molar-refractivity contribution is 0.0519. The molecule has 0 aliphatic rings. The second-order valence-corrected chi connectivity index (χ2v) is 6.27. The van der Waals surface area contributed by atoms with E-state index in [0.717, 1.165) is 0 Å². The molecule has 2 aromatic rings. The van der Waals surface area contributed by atoms with Gasteiger partial charge in [-0.2, -0.15) is 0 Å². The van der Waals surface area contributed by atoms with Crippen LogP contribution in [0.1, 0.15) is 39.8 Å². The number of nitrogens with one attached hydrogen (secondary N) is 1. The molecule has 0 aliphatic heterocycles. The quantitative estimate of drug-likeness (QED) is 0.311. The molecule has 5 N–H and O–H groups in total. The van der Waals surface area contributed by atoms with Crippen molar-refractivity contribution in [3.05, 3.63) is 44.7 Å². The number of hydrogen-bond donors (Lipinski definition) is 5. The number of rotatable bonds is 8. The highest BCUT2D eigenvalue weighted by atomic mass is 79.9. The van der Waals surface area contributed by atoms with E-state index in [9.17, 15) is 20.1 Å². The number of aromatic nitrogens is 1. The van der Waals surface area contributed by atoms with Crippen LogP contribution in [0.25, 0.3) is 11.1 Å². The van der Waals surface area contributed by atoms with Crippen LogP contribution in [0.15, 0.2) is 21.6 Å². The lowest BCUT2D eigenvalue weighted by atomic mass is 9.92. The molecule has 0 saturated carbocycles. The highest BCUT2D eigenvalue weighted by molar-refractivity contribution is 9.10. The smallest absolute Gasteiger partial charge is 0.355 e. The maximum atomic E-state index is 12.2. The normalized spacial score (nSPS) is 11.3. The Labute approximate surface area is 164 Å². The van der Waals surface area contributed by atoms with Gasteiger partial charge in [-0.1, -0.05) is 12.1 Å². The Hall–Kier alpha value is -2.04. The van der Waals surface area contributed by atoms with E-state index < -0.39 is 12.7 Å². The Morgan fingerprint density at radius 1 is 1.19 bits per heavy atom. The fourth-order valence-corrected chi connectivity index (χ4v) is 3.52. The molecule has 0 bridgehead atoms. The number of H-pyrrole nitrogens is 1. The highest BCUT2D eigenvalue weighted by Crippen LogP contribution is 2.38. The molecule has 0 aliphatic carbocycles. The largest absolute Gasteiger partial charge is 0.461 e. The van der Waals surface area contributed by atoms with Crippen molar-refractivity contribution in [1.82, 2.24) is 4.98 Å². The number of esters is 1. The average molecular weight is 441 g/mol. The van der Waals surface area contributed by atoms with E-state index in [2.05, 4.69) is 25.9 Å². The Bertz CT molecular complexity index is 847. The first kappa shape index (κ1) is 21.3. The van der Waals surface area contributed by atoms with Crippen LogP contribution in [0.2, 0.25) is 0 Å². The summed E-state index contributed by atoms with van der Waals surface area (Å²) in [7, 11) is 0. The number of halogens is 1. The van der Waals surface area contributed by atoms with Gasteiger partial charge in [-0.05, 0) is 45.1 Å². The summed E-state index contributed by atoms with van der Waals surface area (Å²) in [6.07, 6.45) is 1.36. The van der Waals surface area contributed by atoms with Gasteiger partial charge in [-0.15, -0.1) is 0 Å². The molecule has 0 unspecified atom stereocenters. The first-order chi connectivity index (χ1) is 13.0. The Balaban J connectivity index is 2.77. The Morgan fingerprint density at radius 2 is 1.89 bits per heavy atom. The zero-order chi connectivity index (χ0) is 20.0. The van der Waals surface area contributed by atoms with Crippen LogP contribution in [-0.2, 0) is 24.6 Å². The third-order valence-electron chi connectivity index (χ3n) is 4.03.